The number of fused-ring (bicyclic) bond motifs is 1. The zero-order valence-electron chi connectivity index (χ0n) is 17.8. The lowest BCUT2D eigenvalue weighted by Gasteiger charge is -2.16. The van der Waals surface area contributed by atoms with Crippen molar-refractivity contribution >= 4 is 34.6 Å². The number of thioether (sulfide) groups is 1. The zero-order chi connectivity index (χ0) is 22.0. The number of aromatic nitrogens is 4. The Morgan fingerprint density at radius 1 is 1.03 bits per heavy atom. The summed E-state index contributed by atoms with van der Waals surface area (Å²) in [6.45, 7) is 6.77. The molecule has 1 saturated heterocycles. The number of amides is 2. The number of carbonyl (C=O) groups excluding carboxylic acids is 2. The van der Waals surface area contributed by atoms with Crippen LogP contribution in [0.3, 0.4) is 0 Å². The van der Waals surface area contributed by atoms with Gasteiger partial charge in [0.15, 0.2) is 5.65 Å². The van der Waals surface area contributed by atoms with E-state index in [4.69, 9.17) is 0 Å². The van der Waals surface area contributed by atoms with Crippen LogP contribution in [0.1, 0.15) is 45.9 Å². The van der Waals surface area contributed by atoms with Gasteiger partial charge in [0, 0.05) is 45.2 Å². The molecule has 0 aliphatic carbocycles. The molecule has 30 heavy (non-hydrogen) atoms. The molecule has 10 heteroatoms. The van der Waals surface area contributed by atoms with Gasteiger partial charge in [0.1, 0.15) is 16.2 Å². The Bertz CT molecular complexity index is 1090. The van der Waals surface area contributed by atoms with Crippen LogP contribution in [0.5, 0.6) is 0 Å². The average Bonchev–Trinajstić information content (AvgIpc) is 3.00. The number of aryl methyl sites for hydroxylation is 1. The topological polar surface area (TPSA) is 107 Å². The maximum absolute atomic E-state index is 12.9. The first-order chi connectivity index (χ1) is 14.2. The molecular weight excluding hydrogens is 406 g/mol. The first-order valence-corrected chi connectivity index (χ1v) is 11.2. The number of imide groups is 1. The van der Waals surface area contributed by atoms with Crippen molar-refractivity contribution in [2.45, 2.75) is 58.0 Å². The van der Waals surface area contributed by atoms with Gasteiger partial charge in [-0.15, -0.1) is 11.8 Å². The highest BCUT2D eigenvalue weighted by atomic mass is 32.2. The third-order valence-corrected chi connectivity index (χ3v) is 5.90. The average molecular weight is 434 g/mol. The largest absolute Gasteiger partial charge is 0.332 e. The Kier molecular flexibility index (Phi) is 6.74. The first-order valence-electron chi connectivity index (χ1n) is 10.2. The van der Waals surface area contributed by atoms with E-state index in [2.05, 4.69) is 9.97 Å². The van der Waals surface area contributed by atoms with Gasteiger partial charge in [-0.1, -0.05) is 20.8 Å². The van der Waals surface area contributed by atoms with E-state index in [1.807, 2.05) is 20.8 Å². The van der Waals surface area contributed by atoms with Crippen LogP contribution in [0.25, 0.3) is 11.0 Å². The molecule has 0 atom stereocenters. The Labute approximate surface area is 178 Å². The van der Waals surface area contributed by atoms with Crippen molar-refractivity contribution in [1.82, 2.24) is 24.0 Å². The van der Waals surface area contributed by atoms with Crippen molar-refractivity contribution < 1.29 is 9.59 Å². The summed E-state index contributed by atoms with van der Waals surface area (Å²) in [7, 11) is 1.45. The molecule has 0 unspecified atom stereocenters. The molecule has 0 radical (unpaired) electrons. The SMILES string of the molecule is CCCn1c(=O)n(C)c(=O)c2c(SCCN3C(=O)CCC3=O)nc(CC(C)C)nc21. The highest BCUT2D eigenvalue weighted by Gasteiger charge is 2.28. The van der Waals surface area contributed by atoms with E-state index in [-0.39, 0.29) is 31.2 Å². The van der Waals surface area contributed by atoms with Gasteiger partial charge in [0.25, 0.3) is 5.56 Å². The minimum Gasteiger partial charge on any atom is -0.282 e. The van der Waals surface area contributed by atoms with Gasteiger partial charge < -0.3 is 0 Å². The van der Waals surface area contributed by atoms with Gasteiger partial charge in [-0.2, -0.15) is 0 Å². The zero-order valence-corrected chi connectivity index (χ0v) is 18.6. The summed E-state index contributed by atoms with van der Waals surface area (Å²) in [6.07, 6.45) is 1.84. The molecule has 1 fully saturated rings. The summed E-state index contributed by atoms with van der Waals surface area (Å²) in [6, 6.07) is 0. The van der Waals surface area contributed by atoms with Crippen LogP contribution in [0.4, 0.5) is 0 Å². The smallest absolute Gasteiger partial charge is 0.282 e. The fourth-order valence-corrected chi connectivity index (χ4v) is 4.43. The lowest BCUT2D eigenvalue weighted by Crippen LogP contribution is -2.39. The quantitative estimate of drug-likeness (QED) is 0.351. The van der Waals surface area contributed by atoms with E-state index < -0.39 is 11.2 Å². The number of hydrogen-bond acceptors (Lipinski definition) is 7. The van der Waals surface area contributed by atoms with Crippen LogP contribution in [-0.2, 0) is 29.6 Å². The van der Waals surface area contributed by atoms with Crippen molar-refractivity contribution in [2.24, 2.45) is 13.0 Å². The Balaban J connectivity index is 2.06. The molecule has 9 nitrogen and oxygen atoms in total. The molecule has 0 aromatic carbocycles. The summed E-state index contributed by atoms with van der Waals surface area (Å²) in [5, 5.41) is 0.794. The van der Waals surface area contributed by atoms with Crippen molar-refractivity contribution in [2.75, 3.05) is 12.3 Å². The molecule has 3 rings (SSSR count). The standard InChI is InChI=1S/C20H27N5O4S/c1-5-8-25-17-16(19(28)23(4)20(25)29)18(22-13(21-17)11-12(2)3)30-10-9-24-14(26)6-7-15(24)27/h12H,5-11H2,1-4H3. The highest BCUT2D eigenvalue weighted by molar-refractivity contribution is 7.99. The summed E-state index contributed by atoms with van der Waals surface area (Å²) < 4.78 is 2.61. The normalized spacial score (nSPS) is 14.5. The minimum absolute atomic E-state index is 0.165. The predicted molar refractivity (Wildman–Crippen MR) is 115 cm³/mol. The number of likely N-dealkylation sites (tertiary alicyclic amines) is 1. The molecule has 1 aliphatic rings. The molecular formula is C20H27N5O4S. The fourth-order valence-electron chi connectivity index (χ4n) is 3.47. The van der Waals surface area contributed by atoms with E-state index in [0.717, 1.165) is 11.0 Å². The number of hydrogen-bond donors (Lipinski definition) is 0. The van der Waals surface area contributed by atoms with E-state index in [1.165, 1.54) is 28.3 Å². The van der Waals surface area contributed by atoms with E-state index in [9.17, 15) is 19.2 Å². The molecule has 0 saturated carbocycles. The van der Waals surface area contributed by atoms with Crippen molar-refractivity contribution in [3.8, 4) is 0 Å². The van der Waals surface area contributed by atoms with Crippen LogP contribution < -0.4 is 11.2 Å². The maximum atomic E-state index is 12.9. The van der Waals surface area contributed by atoms with Crippen LogP contribution in [0, 0.1) is 5.92 Å². The van der Waals surface area contributed by atoms with Crippen LogP contribution in [-0.4, -0.2) is 48.1 Å². The molecule has 0 N–H and O–H groups in total. The Morgan fingerprint density at radius 2 is 1.70 bits per heavy atom. The second-order valence-corrected chi connectivity index (χ2v) is 8.91. The summed E-state index contributed by atoms with van der Waals surface area (Å²) in [5.74, 6) is 0.965. The molecule has 2 aromatic rings. The van der Waals surface area contributed by atoms with Gasteiger partial charge >= 0.3 is 5.69 Å². The number of carbonyl (C=O) groups is 2. The van der Waals surface area contributed by atoms with Crippen molar-refractivity contribution in [1.29, 1.82) is 0 Å². The molecule has 2 amide bonds. The highest BCUT2D eigenvalue weighted by Crippen LogP contribution is 2.24. The van der Waals surface area contributed by atoms with Gasteiger partial charge in [0.05, 0.1) is 0 Å². The molecule has 162 valence electrons. The van der Waals surface area contributed by atoms with E-state index in [1.54, 1.807) is 0 Å². The van der Waals surface area contributed by atoms with Gasteiger partial charge in [-0.3, -0.25) is 28.4 Å². The van der Waals surface area contributed by atoms with Gasteiger partial charge in [-0.05, 0) is 12.3 Å². The summed E-state index contributed by atoms with van der Waals surface area (Å²) in [4.78, 5) is 59.7. The lowest BCUT2D eigenvalue weighted by molar-refractivity contribution is -0.137. The second-order valence-electron chi connectivity index (χ2n) is 7.83. The third-order valence-electron chi connectivity index (χ3n) is 4.94. The summed E-state index contributed by atoms with van der Waals surface area (Å²) >= 11 is 1.31. The van der Waals surface area contributed by atoms with Crippen molar-refractivity contribution in [3.63, 3.8) is 0 Å². The third kappa shape index (κ3) is 4.33. The van der Waals surface area contributed by atoms with Crippen molar-refractivity contribution in [3.05, 3.63) is 26.7 Å². The van der Waals surface area contributed by atoms with Gasteiger partial charge in [0.2, 0.25) is 11.8 Å². The van der Waals surface area contributed by atoms with Crippen LogP contribution >= 0.6 is 11.8 Å². The Hall–Kier alpha value is -2.49. The lowest BCUT2D eigenvalue weighted by atomic mass is 10.1. The fraction of sp³-hybridized carbons (Fsp3) is 0.600. The van der Waals surface area contributed by atoms with E-state index in [0.29, 0.717) is 46.5 Å². The van der Waals surface area contributed by atoms with Crippen LogP contribution in [0.2, 0.25) is 0 Å². The van der Waals surface area contributed by atoms with Gasteiger partial charge in [-0.25, -0.2) is 14.8 Å². The second kappa shape index (κ2) is 9.11. The monoisotopic (exact) mass is 433 g/mol. The first kappa shape index (κ1) is 22.2. The van der Waals surface area contributed by atoms with Crippen LogP contribution in [0.15, 0.2) is 14.6 Å². The maximum Gasteiger partial charge on any atom is 0.332 e. The molecule has 0 spiro atoms. The van der Waals surface area contributed by atoms with E-state index >= 15 is 0 Å². The minimum atomic E-state index is -0.436. The molecule has 0 bridgehead atoms. The molecule has 3 heterocycles. The predicted octanol–water partition coefficient (Wildman–Crippen LogP) is 1.34. The number of rotatable bonds is 8. The number of nitrogens with zero attached hydrogens (tertiary/aromatic N) is 5. The summed E-state index contributed by atoms with van der Waals surface area (Å²) in [5.41, 5.74) is -0.478. The molecule has 2 aromatic heterocycles. The molecule has 1 aliphatic heterocycles. The Morgan fingerprint density at radius 3 is 2.30 bits per heavy atom.